The number of hydrogen-bond acceptors (Lipinski definition) is 5. The van der Waals surface area contributed by atoms with E-state index in [1.165, 1.54) is 11.1 Å². The first kappa shape index (κ1) is 31.3. The van der Waals surface area contributed by atoms with Gasteiger partial charge >= 0.3 is 0 Å². The molecule has 8 heteroatoms. The van der Waals surface area contributed by atoms with Gasteiger partial charge in [0.15, 0.2) is 13.2 Å². The summed E-state index contributed by atoms with van der Waals surface area (Å²) < 4.78 is 11.3. The molecule has 0 bridgehead atoms. The van der Waals surface area contributed by atoms with Crippen LogP contribution in [-0.4, -0.2) is 35.0 Å². The number of aromatic amines is 1. The monoisotopic (exact) mass is 604 g/mol. The number of amides is 2. The molecular formula is C37H40N4O4. The van der Waals surface area contributed by atoms with Crippen molar-refractivity contribution in [1.29, 1.82) is 0 Å². The third kappa shape index (κ3) is 8.29. The summed E-state index contributed by atoms with van der Waals surface area (Å²) in [4.78, 5) is 33.0. The van der Waals surface area contributed by atoms with E-state index in [0.717, 1.165) is 16.6 Å². The minimum absolute atomic E-state index is 0.0539. The van der Waals surface area contributed by atoms with E-state index in [-0.39, 0.29) is 35.9 Å². The number of imidazole rings is 1. The topological polar surface area (TPSA) is 105 Å². The maximum absolute atomic E-state index is 12.5. The first-order chi connectivity index (χ1) is 21.3. The molecule has 45 heavy (non-hydrogen) atoms. The standard InChI is InChI=1S/C37H40N4O4/c1-36(2,3)25-9-16-29(17-10-25)44-22-33(42)38-27-13-7-24(8-14-27)35-40-31-20-15-28(21-32(31)41-35)39-34(43)23-45-30-18-11-26(12-19-30)37(4,5)6/h7-21H,22-23H2,1-6H3,(H,38,42)(H,39,43)(H,40,41). The number of carbonyl (C=O) groups is 2. The molecule has 1 aromatic heterocycles. The molecule has 2 amide bonds. The van der Waals surface area contributed by atoms with Gasteiger partial charge in [0, 0.05) is 16.9 Å². The molecule has 0 aliphatic heterocycles. The van der Waals surface area contributed by atoms with E-state index in [0.29, 0.717) is 28.7 Å². The van der Waals surface area contributed by atoms with Crippen LogP contribution in [0.25, 0.3) is 22.4 Å². The van der Waals surface area contributed by atoms with Crippen molar-refractivity contribution in [3.8, 4) is 22.9 Å². The normalized spacial score (nSPS) is 11.7. The Kier molecular flexibility index (Phi) is 8.95. The number of carbonyl (C=O) groups excluding carboxylic acids is 2. The van der Waals surface area contributed by atoms with Gasteiger partial charge in [-0.3, -0.25) is 9.59 Å². The average Bonchev–Trinajstić information content (AvgIpc) is 3.42. The van der Waals surface area contributed by atoms with Gasteiger partial charge < -0.3 is 25.1 Å². The van der Waals surface area contributed by atoms with Crippen LogP contribution in [0.2, 0.25) is 0 Å². The van der Waals surface area contributed by atoms with Crippen LogP contribution < -0.4 is 20.1 Å². The predicted molar refractivity (Wildman–Crippen MR) is 180 cm³/mol. The summed E-state index contributed by atoms with van der Waals surface area (Å²) >= 11 is 0. The van der Waals surface area contributed by atoms with E-state index >= 15 is 0 Å². The molecule has 5 rings (SSSR count). The zero-order chi connectivity index (χ0) is 32.2. The number of aromatic nitrogens is 2. The highest BCUT2D eigenvalue weighted by atomic mass is 16.5. The molecule has 0 atom stereocenters. The Bertz CT molecular complexity index is 1780. The summed E-state index contributed by atoms with van der Waals surface area (Å²) in [6, 6.07) is 28.5. The Balaban J connectivity index is 1.13. The molecule has 232 valence electrons. The van der Waals surface area contributed by atoms with E-state index < -0.39 is 0 Å². The minimum Gasteiger partial charge on any atom is -0.484 e. The van der Waals surface area contributed by atoms with Gasteiger partial charge in [0.25, 0.3) is 11.8 Å². The van der Waals surface area contributed by atoms with Crippen LogP contribution in [0.15, 0.2) is 91.0 Å². The van der Waals surface area contributed by atoms with Crippen LogP contribution >= 0.6 is 0 Å². The predicted octanol–water partition coefficient (Wildman–Crippen LogP) is 7.86. The first-order valence-corrected chi connectivity index (χ1v) is 15.0. The van der Waals surface area contributed by atoms with Crippen molar-refractivity contribution in [2.24, 2.45) is 0 Å². The highest BCUT2D eigenvalue weighted by molar-refractivity contribution is 5.94. The van der Waals surface area contributed by atoms with Crippen molar-refractivity contribution in [2.75, 3.05) is 23.8 Å². The lowest BCUT2D eigenvalue weighted by Crippen LogP contribution is -2.20. The number of nitrogens with zero attached hydrogens (tertiary/aromatic N) is 1. The number of H-pyrrole nitrogens is 1. The quantitative estimate of drug-likeness (QED) is 0.159. The second-order valence-corrected chi connectivity index (χ2v) is 13.1. The number of ether oxygens (including phenoxy) is 2. The van der Waals surface area contributed by atoms with Crippen LogP contribution in [0.5, 0.6) is 11.5 Å². The summed E-state index contributed by atoms with van der Waals surface area (Å²) in [6.45, 7) is 12.7. The fourth-order valence-corrected chi connectivity index (χ4v) is 4.73. The van der Waals surface area contributed by atoms with Crippen molar-refractivity contribution in [3.05, 3.63) is 102 Å². The number of rotatable bonds is 9. The van der Waals surface area contributed by atoms with Gasteiger partial charge in [0.05, 0.1) is 11.0 Å². The third-order valence-corrected chi connectivity index (χ3v) is 7.39. The van der Waals surface area contributed by atoms with Gasteiger partial charge in [-0.2, -0.15) is 0 Å². The largest absolute Gasteiger partial charge is 0.484 e. The van der Waals surface area contributed by atoms with Gasteiger partial charge in [-0.05, 0) is 88.7 Å². The second kappa shape index (κ2) is 12.9. The van der Waals surface area contributed by atoms with E-state index in [1.807, 2.05) is 91.0 Å². The third-order valence-electron chi connectivity index (χ3n) is 7.39. The fraction of sp³-hybridized carbons (Fsp3) is 0.270. The maximum Gasteiger partial charge on any atom is 0.262 e. The van der Waals surface area contributed by atoms with Crippen LogP contribution in [-0.2, 0) is 20.4 Å². The first-order valence-electron chi connectivity index (χ1n) is 15.0. The van der Waals surface area contributed by atoms with Crippen LogP contribution in [0.4, 0.5) is 11.4 Å². The Labute approximate surface area is 264 Å². The van der Waals surface area contributed by atoms with Crippen LogP contribution in [0.1, 0.15) is 52.7 Å². The molecule has 0 aliphatic carbocycles. The summed E-state index contributed by atoms with van der Waals surface area (Å²) in [5, 5.41) is 5.74. The highest BCUT2D eigenvalue weighted by Crippen LogP contribution is 2.27. The maximum atomic E-state index is 12.5. The number of fused-ring (bicyclic) bond motifs is 1. The molecule has 4 aromatic carbocycles. The van der Waals surface area contributed by atoms with E-state index in [9.17, 15) is 9.59 Å². The Morgan fingerprint density at radius 1 is 0.644 bits per heavy atom. The molecule has 0 unspecified atom stereocenters. The molecule has 5 aromatic rings. The molecular weight excluding hydrogens is 564 g/mol. The molecule has 8 nitrogen and oxygen atoms in total. The van der Waals surface area contributed by atoms with Gasteiger partial charge in [0.1, 0.15) is 17.3 Å². The van der Waals surface area contributed by atoms with Crippen molar-refractivity contribution in [1.82, 2.24) is 9.97 Å². The van der Waals surface area contributed by atoms with Gasteiger partial charge in [-0.15, -0.1) is 0 Å². The van der Waals surface area contributed by atoms with Crippen molar-refractivity contribution >= 4 is 34.2 Å². The molecule has 1 heterocycles. The zero-order valence-electron chi connectivity index (χ0n) is 26.7. The smallest absolute Gasteiger partial charge is 0.262 e. The number of benzene rings is 4. The lowest BCUT2D eigenvalue weighted by molar-refractivity contribution is -0.118. The Hall–Kier alpha value is -5.11. The second-order valence-electron chi connectivity index (χ2n) is 13.1. The molecule has 0 radical (unpaired) electrons. The fourth-order valence-electron chi connectivity index (χ4n) is 4.73. The summed E-state index contributed by atoms with van der Waals surface area (Å²) in [7, 11) is 0. The van der Waals surface area contributed by atoms with Gasteiger partial charge in [-0.1, -0.05) is 65.8 Å². The summed E-state index contributed by atoms with van der Waals surface area (Å²) in [5.41, 5.74) is 6.22. The Morgan fingerprint density at radius 2 is 1.11 bits per heavy atom. The summed E-state index contributed by atoms with van der Waals surface area (Å²) in [5.74, 6) is 1.47. The number of nitrogens with one attached hydrogen (secondary N) is 3. The molecule has 0 fully saturated rings. The van der Waals surface area contributed by atoms with Crippen LogP contribution in [0.3, 0.4) is 0 Å². The minimum atomic E-state index is -0.254. The lowest BCUT2D eigenvalue weighted by Gasteiger charge is -2.19. The Morgan fingerprint density at radius 3 is 1.60 bits per heavy atom. The molecule has 0 spiro atoms. The number of hydrogen-bond donors (Lipinski definition) is 3. The van der Waals surface area contributed by atoms with Gasteiger partial charge in [0.2, 0.25) is 0 Å². The van der Waals surface area contributed by atoms with E-state index in [2.05, 4.69) is 62.1 Å². The number of anilines is 2. The molecule has 3 N–H and O–H groups in total. The van der Waals surface area contributed by atoms with Crippen molar-refractivity contribution < 1.29 is 19.1 Å². The zero-order valence-corrected chi connectivity index (χ0v) is 26.7. The van der Waals surface area contributed by atoms with E-state index in [4.69, 9.17) is 9.47 Å². The molecule has 0 saturated carbocycles. The lowest BCUT2D eigenvalue weighted by atomic mass is 9.87. The van der Waals surface area contributed by atoms with Crippen molar-refractivity contribution in [3.63, 3.8) is 0 Å². The SMILES string of the molecule is CC(C)(C)c1ccc(OCC(=O)Nc2ccc(-c3nc4ccc(NC(=O)COc5ccc(C(C)(C)C)cc5)cc4[nH]3)cc2)cc1. The van der Waals surface area contributed by atoms with Crippen LogP contribution in [0, 0.1) is 0 Å². The van der Waals surface area contributed by atoms with Crippen molar-refractivity contribution in [2.45, 2.75) is 52.4 Å². The van der Waals surface area contributed by atoms with E-state index in [1.54, 1.807) is 0 Å². The molecule has 0 saturated heterocycles. The average molecular weight is 605 g/mol. The van der Waals surface area contributed by atoms with Gasteiger partial charge in [-0.25, -0.2) is 4.98 Å². The summed E-state index contributed by atoms with van der Waals surface area (Å²) in [6.07, 6.45) is 0. The highest BCUT2D eigenvalue weighted by Gasteiger charge is 2.15. The molecule has 0 aliphatic rings.